The predicted molar refractivity (Wildman–Crippen MR) is 78.7 cm³/mol. The van der Waals surface area contributed by atoms with Crippen molar-refractivity contribution in [2.45, 2.75) is 44.8 Å². The minimum Gasteiger partial charge on any atom is -0.376 e. The molecule has 3 heteroatoms. The van der Waals surface area contributed by atoms with Crippen molar-refractivity contribution in [1.82, 2.24) is 0 Å². The maximum atomic E-state index is 12.0. The Kier molecular flexibility index (Phi) is 6.22. The van der Waals surface area contributed by atoms with Crippen LogP contribution < -0.4 is 0 Å². The van der Waals surface area contributed by atoms with Gasteiger partial charge in [0, 0.05) is 12.2 Å². The number of Topliss-reactive ketones (excluding diaryl/α,β-unsaturated/α-hetero) is 1. The van der Waals surface area contributed by atoms with Gasteiger partial charge in [0.2, 0.25) is 0 Å². The lowest BCUT2D eigenvalue weighted by atomic mass is 9.94. The Hall–Kier alpha value is -1.19. The highest BCUT2D eigenvalue weighted by Gasteiger charge is 2.27. The number of rotatable bonds is 7. The fraction of sp³-hybridized carbons (Fsp3) is 0.529. The molecule has 1 aliphatic rings. The summed E-state index contributed by atoms with van der Waals surface area (Å²) in [4.78, 5) is 12.0. The third-order valence-electron chi connectivity index (χ3n) is 3.53. The Bertz CT molecular complexity index is 402. The van der Waals surface area contributed by atoms with Gasteiger partial charge in [-0.1, -0.05) is 37.3 Å². The van der Waals surface area contributed by atoms with Crippen LogP contribution in [0.25, 0.3) is 0 Å². The van der Waals surface area contributed by atoms with E-state index in [1.54, 1.807) is 0 Å². The molecule has 2 unspecified atom stereocenters. The van der Waals surface area contributed by atoms with Crippen LogP contribution in [0.4, 0.5) is 0 Å². The van der Waals surface area contributed by atoms with Crippen LogP contribution in [0, 0.1) is 6.42 Å². The second-order valence-electron chi connectivity index (χ2n) is 5.15. The third-order valence-corrected chi connectivity index (χ3v) is 3.53. The van der Waals surface area contributed by atoms with Crippen LogP contribution in [0.3, 0.4) is 0 Å². The average Bonchev–Trinajstić information content (AvgIpc) is 2.52. The van der Waals surface area contributed by atoms with Crippen molar-refractivity contribution in [2.75, 3.05) is 13.2 Å². The van der Waals surface area contributed by atoms with Crippen LogP contribution in [-0.4, -0.2) is 31.2 Å². The Labute approximate surface area is 121 Å². The van der Waals surface area contributed by atoms with E-state index in [9.17, 15) is 4.79 Å². The Morgan fingerprint density at radius 1 is 1.20 bits per heavy atom. The van der Waals surface area contributed by atoms with Gasteiger partial charge in [0.1, 0.15) is 6.61 Å². The quantitative estimate of drug-likeness (QED) is 0.715. The largest absolute Gasteiger partial charge is 0.376 e. The van der Waals surface area contributed by atoms with E-state index in [1.165, 1.54) is 0 Å². The van der Waals surface area contributed by atoms with E-state index < -0.39 is 0 Å². The maximum Gasteiger partial charge on any atom is 0.188 e. The van der Waals surface area contributed by atoms with E-state index in [2.05, 4.69) is 13.3 Å². The normalized spacial score (nSPS) is 22.6. The number of benzene rings is 1. The van der Waals surface area contributed by atoms with E-state index in [-0.39, 0.29) is 24.6 Å². The molecule has 109 valence electrons. The van der Waals surface area contributed by atoms with Crippen molar-refractivity contribution >= 4 is 5.78 Å². The van der Waals surface area contributed by atoms with Gasteiger partial charge in [-0.3, -0.25) is 4.79 Å². The first-order chi connectivity index (χ1) is 9.81. The van der Waals surface area contributed by atoms with Gasteiger partial charge in [-0.15, -0.1) is 0 Å². The predicted octanol–water partition coefficient (Wildman–Crippen LogP) is 3.44. The van der Waals surface area contributed by atoms with Crippen molar-refractivity contribution < 1.29 is 14.3 Å². The van der Waals surface area contributed by atoms with Crippen LogP contribution in [-0.2, 0) is 9.47 Å². The summed E-state index contributed by atoms with van der Waals surface area (Å²) in [6.07, 6.45) is 6.30. The zero-order valence-electron chi connectivity index (χ0n) is 12.1. The third kappa shape index (κ3) is 4.43. The van der Waals surface area contributed by atoms with Gasteiger partial charge in [0.15, 0.2) is 5.78 Å². The van der Waals surface area contributed by atoms with Crippen molar-refractivity contribution in [3.8, 4) is 0 Å². The van der Waals surface area contributed by atoms with E-state index >= 15 is 0 Å². The SMILES string of the molecule is CCCOC1C[CH]CCC1OCC(=O)c1ccccc1. The summed E-state index contributed by atoms with van der Waals surface area (Å²) in [7, 11) is 0. The van der Waals surface area contributed by atoms with Crippen molar-refractivity contribution in [2.24, 2.45) is 0 Å². The summed E-state index contributed by atoms with van der Waals surface area (Å²) in [5, 5.41) is 0. The van der Waals surface area contributed by atoms with Gasteiger partial charge in [-0.2, -0.15) is 0 Å². The maximum absolute atomic E-state index is 12.0. The Morgan fingerprint density at radius 3 is 2.75 bits per heavy atom. The first-order valence-corrected chi connectivity index (χ1v) is 7.44. The standard InChI is InChI=1S/C17H23O3/c1-2-12-19-16-10-6-7-11-17(16)20-13-15(18)14-8-4-3-5-9-14/h3-6,8-9,16-17H,2,7,10-13H2,1H3. The Balaban J connectivity index is 1.83. The molecule has 0 N–H and O–H groups in total. The highest BCUT2D eigenvalue weighted by atomic mass is 16.5. The molecule has 1 aliphatic carbocycles. The molecule has 1 radical (unpaired) electrons. The van der Waals surface area contributed by atoms with Crippen LogP contribution in [0.5, 0.6) is 0 Å². The van der Waals surface area contributed by atoms with Crippen LogP contribution in [0.1, 0.15) is 43.0 Å². The van der Waals surface area contributed by atoms with Crippen LogP contribution in [0.15, 0.2) is 30.3 Å². The summed E-state index contributed by atoms with van der Waals surface area (Å²) in [6.45, 7) is 2.99. The number of ketones is 1. The van der Waals surface area contributed by atoms with Gasteiger partial charge in [-0.05, 0) is 32.1 Å². The fourth-order valence-electron chi connectivity index (χ4n) is 2.43. The molecule has 20 heavy (non-hydrogen) atoms. The van der Waals surface area contributed by atoms with Gasteiger partial charge in [0.25, 0.3) is 0 Å². The molecule has 1 fully saturated rings. The molecule has 1 aromatic rings. The molecule has 1 aromatic carbocycles. The monoisotopic (exact) mass is 275 g/mol. The van der Waals surface area contributed by atoms with Gasteiger partial charge < -0.3 is 9.47 Å². The summed E-state index contributed by atoms with van der Waals surface area (Å²) in [5.74, 6) is 0.0365. The molecule has 0 aliphatic heterocycles. The molecule has 0 aromatic heterocycles. The summed E-state index contributed by atoms with van der Waals surface area (Å²) < 4.78 is 11.6. The molecular formula is C17H23O3. The highest BCUT2D eigenvalue weighted by Crippen LogP contribution is 2.23. The van der Waals surface area contributed by atoms with Crippen LogP contribution in [0.2, 0.25) is 0 Å². The molecule has 0 spiro atoms. The second-order valence-corrected chi connectivity index (χ2v) is 5.15. The smallest absolute Gasteiger partial charge is 0.188 e. The second kappa shape index (κ2) is 8.18. The number of carbonyl (C=O) groups excluding carboxylic acids is 1. The van der Waals surface area contributed by atoms with Crippen molar-refractivity contribution in [3.63, 3.8) is 0 Å². The zero-order valence-corrected chi connectivity index (χ0v) is 12.1. The van der Waals surface area contributed by atoms with Crippen LogP contribution >= 0.6 is 0 Å². The minimum absolute atomic E-state index is 0.0365. The number of hydrogen-bond donors (Lipinski definition) is 0. The lowest BCUT2D eigenvalue weighted by Gasteiger charge is -2.31. The minimum atomic E-state index is 0.0365. The molecule has 0 saturated heterocycles. The number of hydrogen-bond acceptors (Lipinski definition) is 3. The molecule has 1 saturated carbocycles. The molecule has 2 atom stereocenters. The van der Waals surface area contributed by atoms with Gasteiger partial charge in [0.05, 0.1) is 12.2 Å². The molecule has 0 bridgehead atoms. The topological polar surface area (TPSA) is 35.5 Å². The Morgan fingerprint density at radius 2 is 2.00 bits per heavy atom. The summed E-state index contributed by atoms with van der Waals surface area (Å²) in [6, 6.07) is 9.30. The molecule has 3 nitrogen and oxygen atoms in total. The van der Waals surface area contributed by atoms with E-state index in [0.29, 0.717) is 5.56 Å². The molecule has 2 rings (SSSR count). The van der Waals surface area contributed by atoms with Gasteiger partial charge >= 0.3 is 0 Å². The van der Waals surface area contributed by atoms with Crippen molar-refractivity contribution in [1.29, 1.82) is 0 Å². The fourth-order valence-corrected chi connectivity index (χ4v) is 2.43. The summed E-state index contributed by atoms with van der Waals surface area (Å²) in [5.41, 5.74) is 0.709. The lowest BCUT2D eigenvalue weighted by Crippen LogP contribution is -2.36. The molecular weight excluding hydrogens is 252 g/mol. The molecule has 0 heterocycles. The van der Waals surface area contributed by atoms with Gasteiger partial charge in [-0.25, -0.2) is 0 Å². The molecule has 0 amide bonds. The number of ether oxygens (including phenoxy) is 2. The lowest BCUT2D eigenvalue weighted by molar-refractivity contribution is -0.0785. The summed E-state index contributed by atoms with van der Waals surface area (Å²) >= 11 is 0. The van der Waals surface area contributed by atoms with Crippen molar-refractivity contribution in [3.05, 3.63) is 42.3 Å². The average molecular weight is 275 g/mol. The zero-order chi connectivity index (χ0) is 14.2. The van der Waals surface area contributed by atoms with E-state index in [1.807, 2.05) is 30.3 Å². The first-order valence-electron chi connectivity index (χ1n) is 7.44. The first kappa shape index (κ1) is 15.2. The van der Waals surface area contributed by atoms with E-state index in [0.717, 1.165) is 32.3 Å². The number of carbonyl (C=O) groups is 1. The van der Waals surface area contributed by atoms with E-state index in [4.69, 9.17) is 9.47 Å². The highest BCUT2D eigenvalue weighted by molar-refractivity contribution is 5.97.